The third kappa shape index (κ3) is 3.69. The first-order valence-corrected chi connectivity index (χ1v) is 6.18. The number of aromatic nitrogens is 2. The van der Waals surface area contributed by atoms with Crippen LogP contribution in [0, 0.1) is 6.92 Å². The van der Waals surface area contributed by atoms with Gasteiger partial charge in [0.1, 0.15) is 12.4 Å². The Balaban J connectivity index is 1.97. The Morgan fingerprint density at radius 1 is 1.40 bits per heavy atom. The molecule has 1 heterocycles. The summed E-state index contributed by atoms with van der Waals surface area (Å²) in [6.45, 7) is 2.52. The Kier molecular flexibility index (Phi) is 4.55. The van der Waals surface area contributed by atoms with E-state index in [-0.39, 0.29) is 12.3 Å². The smallest absolute Gasteiger partial charge is 0.488 e. The molecule has 1 aromatic heterocycles. The number of rotatable bonds is 5. The van der Waals surface area contributed by atoms with E-state index in [9.17, 15) is 4.79 Å². The van der Waals surface area contributed by atoms with Crippen LogP contribution in [0.1, 0.15) is 5.56 Å². The van der Waals surface area contributed by atoms with Gasteiger partial charge < -0.3 is 14.8 Å². The quantitative estimate of drug-likeness (QED) is 0.705. The largest absolute Gasteiger partial charge is 0.492 e. The second-order valence-corrected chi connectivity index (χ2v) is 4.40. The topological polar surface area (TPSA) is 84.6 Å². The van der Waals surface area contributed by atoms with Gasteiger partial charge in [-0.1, -0.05) is 12.1 Å². The highest BCUT2D eigenvalue weighted by Crippen LogP contribution is 2.07. The second-order valence-electron chi connectivity index (χ2n) is 4.40. The first kappa shape index (κ1) is 14.3. The molecule has 6 nitrogen and oxygen atoms in total. The van der Waals surface area contributed by atoms with Gasteiger partial charge in [0.05, 0.1) is 6.54 Å². The van der Waals surface area contributed by atoms with E-state index in [1.54, 1.807) is 30.5 Å². The molecule has 0 saturated carbocycles. The molecule has 1 aromatic carbocycles. The molecule has 2 N–H and O–H groups in total. The summed E-state index contributed by atoms with van der Waals surface area (Å²) < 4.78 is 6.96. The molecule has 20 heavy (non-hydrogen) atoms. The van der Waals surface area contributed by atoms with Crippen molar-refractivity contribution in [3.05, 3.63) is 52.7 Å². The average Bonchev–Trinajstić information content (AvgIpc) is 2.43. The summed E-state index contributed by atoms with van der Waals surface area (Å²) in [5.74, 6) is 0.518. The van der Waals surface area contributed by atoms with Gasteiger partial charge in [-0.15, -0.1) is 0 Å². The molecule has 0 radical (unpaired) electrons. The number of hydrogen-bond acceptors (Lipinski definition) is 5. The standard InChI is InChI=1S/C13H15BN2O4/c1-10-8-15-13(17)16(9-10)5-6-20-12-4-2-3-11(7-12)14(18)19/h2-4,7-9,18-19H,5-6H2,1H3. The van der Waals surface area contributed by atoms with Gasteiger partial charge in [0.2, 0.25) is 0 Å². The normalized spacial score (nSPS) is 10.3. The maximum atomic E-state index is 11.5. The summed E-state index contributed by atoms with van der Waals surface area (Å²) in [5, 5.41) is 18.1. The van der Waals surface area contributed by atoms with Crippen molar-refractivity contribution in [3.8, 4) is 5.75 Å². The summed E-state index contributed by atoms with van der Waals surface area (Å²) in [7, 11) is -1.53. The summed E-state index contributed by atoms with van der Waals surface area (Å²) in [4.78, 5) is 15.2. The van der Waals surface area contributed by atoms with E-state index in [0.29, 0.717) is 17.8 Å². The first-order chi connectivity index (χ1) is 9.56. The summed E-state index contributed by atoms with van der Waals surface area (Å²) in [6, 6.07) is 6.52. The van der Waals surface area contributed by atoms with E-state index in [2.05, 4.69) is 4.98 Å². The molecule has 0 amide bonds. The molecule has 0 bridgehead atoms. The third-order valence-corrected chi connectivity index (χ3v) is 2.74. The summed E-state index contributed by atoms with van der Waals surface area (Å²) >= 11 is 0. The predicted molar refractivity (Wildman–Crippen MR) is 75.0 cm³/mol. The molecule has 2 aromatic rings. The Hall–Kier alpha value is -2.12. The van der Waals surface area contributed by atoms with Crippen molar-refractivity contribution < 1.29 is 14.8 Å². The minimum atomic E-state index is -1.53. The zero-order chi connectivity index (χ0) is 14.5. The third-order valence-electron chi connectivity index (χ3n) is 2.74. The minimum Gasteiger partial charge on any atom is -0.492 e. The van der Waals surface area contributed by atoms with E-state index in [0.717, 1.165) is 5.56 Å². The zero-order valence-corrected chi connectivity index (χ0v) is 11.1. The molecule has 0 saturated heterocycles. The minimum absolute atomic E-state index is 0.288. The fraction of sp³-hybridized carbons (Fsp3) is 0.231. The number of benzene rings is 1. The first-order valence-electron chi connectivity index (χ1n) is 6.18. The van der Waals surface area contributed by atoms with Gasteiger partial charge in [-0.3, -0.25) is 4.57 Å². The van der Waals surface area contributed by atoms with E-state index >= 15 is 0 Å². The van der Waals surface area contributed by atoms with Gasteiger partial charge in [-0.05, 0) is 30.1 Å². The van der Waals surface area contributed by atoms with Crippen LogP contribution in [0.15, 0.2) is 41.5 Å². The van der Waals surface area contributed by atoms with Crippen LogP contribution >= 0.6 is 0 Å². The molecule has 2 rings (SSSR count). The van der Waals surface area contributed by atoms with Crippen molar-refractivity contribution in [2.45, 2.75) is 13.5 Å². The van der Waals surface area contributed by atoms with Crippen LogP contribution in [-0.2, 0) is 6.54 Å². The average molecular weight is 274 g/mol. The molecule has 7 heteroatoms. The number of hydrogen-bond donors (Lipinski definition) is 2. The van der Waals surface area contributed by atoms with Crippen molar-refractivity contribution in [1.29, 1.82) is 0 Å². The molecule has 0 spiro atoms. The lowest BCUT2D eigenvalue weighted by atomic mass is 9.80. The Labute approximate surface area is 116 Å². The van der Waals surface area contributed by atoms with Crippen LogP contribution in [0.4, 0.5) is 0 Å². The van der Waals surface area contributed by atoms with Crippen LogP contribution in [0.5, 0.6) is 5.75 Å². The summed E-state index contributed by atoms with van der Waals surface area (Å²) in [5.41, 5.74) is 0.936. The zero-order valence-electron chi connectivity index (χ0n) is 11.1. The van der Waals surface area contributed by atoms with E-state index in [1.165, 1.54) is 10.8 Å². The molecular formula is C13H15BN2O4. The van der Waals surface area contributed by atoms with Gasteiger partial charge in [0.25, 0.3) is 0 Å². The molecule has 0 fully saturated rings. The van der Waals surface area contributed by atoms with E-state index in [4.69, 9.17) is 14.8 Å². The Morgan fingerprint density at radius 3 is 2.95 bits per heavy atom. The Morgan fingerprint density at radius 2 is 2.20 bits per heavy atom. The highest BCUT2D eigenvalue weighted by atomic mass is 16.5. The highest BCUT2D eigenvalue weighted by molar-refractivity contribution is 6.58. The fourth-order valence-corrected chi connectivity index (χ4v) is 1.75. The van der Waals surface area contributed by atoms with Crippen molar-refractivity contribution in [2.24, 2.45) is 0 Å². The van der Waals surface area contributed by atoms with Gasteiger partial charge in [0.15, 0.2) is 0 Å². The molecule has 0 aliphatic rings. The van der Waals surface area contributed by atoms with E-state index in [1.807, 2.05) is 6.92 Å². The highest BCUT2D eigenvalue weighted by Gasteiger charge is 2.11. The van der Waals surface area contributed by atoms with Crippen LogP contribution in [0.25, 0.3) is 0 Å². The van der Waals surface area contributed by atoms with E-state index < -0.39 is 7.12 Å². The maximum Gasteiger partial charge on any atom is 0.488 e. The molecular weight excluding hydrogens is 259 g/mol. The van der Waals surface area contributed by atoms with Gasteiger partial charge in [-0.2, -0.15) is 0 Å². The fourth-order valence-electron chi connectivity index (χ4n) is 1.75. The van der Waals surface area contributed by atoms with Crippen LogP contribution in [0.3, 0.4) is 0 Å². The number of aryl methyl sites for hydroxylation is 1. The van der Waals surface area contributed by atoms with Crippen molar-refractivity contribution in [3.63, 3.8) is 0 Å². The molecule has 0 aliphatic carbocycles. The van der Waals surface area contributed by atoms with Crippen molar-refractivity contribution >= 4 is 12.6 Å². The maximum absolute atomic E-state index is 11.5. The lowest BCUT2D eigenvalue weighted by Crippen LogP contribution is -2.29. The monoisotopic (exact) mass is 274 g/mol. The lowest BCUT2D eigenvalue weighted by Gasteiger charge is -2.09. The second kappa shape index (κ2) is 6.36. The number of ether oxygens (including phenoxy) is 1. The molecule has 0 aliphatic heterocycles. The van der Waals surface area contributed by atoms with Gasteiger partial charge in [0, 0.05) is 12.4 Å². The molecule has 104 valence electrons. The van der Waals surface area contributed by atoms with Crippen LogP contribution in [-0.4, -0.2) is 33.3 Å². The van der Waals surface area contributed by atoms with Crippen LogP contribution < -0.4 is 15.9 Å². The van der Waals surface area contributed by atoms with Gasteiger partial charge in [-0.25, -0.2) is 9.78 Å². The number of nitrogens with zero attached hydrogens (tertiary/aromatic N) is 2. The van der Waals surface area contributed by atoms with Crippen molar-refractivity contribution in [1.82, 2.24) is 9.55 Å². The lowest BCUT2D eigenvalue weighted by molar-refractivity contribution is 0.295. The SMILES string of the molecule is Cc1cnc(=O)n(CCOc2cccc(B(O)O)c2)c1. The van der Waals surface area contributed by atoms with Gasteiger partial charge >= 0.3 is 12.8 Å². The Bertz CT molecular complexity index is 642. The van der Waals surface area contributed by atoms with Crippen molar-refractivity contribution in [2.75, 3.05) is 6.61 Å². The predicted octanol–water partition coefficient (Wildman–Crippen LogP) is -0.689. The molecule has 0 unspecified atom stereocenters. The molecule has 0 atom stereocenters. The van der Waals surface area contributed by atoms with Crippen LogP contribution in [0.2, 0.25) is 0 Å². The summed E-state index contributed by atoms with van der Waals surface area (Å²) in [6.07, 6.45) is 3.23.